The van der Waals surface area contributed by atoms with Crippen LogP contribution >= 0.6 is 0 Å². The molecule has 0 aliphatic carbocycles. The van der Waals surface area contributed by atoms with Crippen molar-refractivity contribution in [3.8, 4) is 6.07 Å². The Morgan fingerprint density at radius 2 is 1.79 bits per heavy atom. The molecule has 28 heavy (non-hydrogen) atoms. The van der Waals surface area contributed by atoms with Crippen LogP contribution in [-0.4, -0.2) is 28.3 Å². The summed E-state index contributed by atoms with van der Waals surface area (Å²) in [6.07, 6.45) is 1.49. The Kier molecular flexibility index (Phi) is 5.18. The van der Waals surface area contributed by atoms with Crippen LogP contribution in [0.4, 0.5) is 0 Å². The van der Waals surface area contributed by atoms with Gasteiger partial charge in [0.25, 0.3) is 0 Å². The lowest BCUT2D eigenvalue weighted by molar-refractivity contribution is 0.0525. The number of ketones is 1. The molecular weight excluding hydrogens is 354 g/mol. The Morgan fingerprint density at radius 1 is 1.11 bits per heavy atom. The first kappa shape index (κ1) is 19.2. The van der Waals surface area contributed by atoms with Gasteiger partial charge >= 0.3 is 5.97 Å². The first-order valence-corrected chi connectivity index (χ1v) is 8.99. The number of aromatic nitrogens is 2. The van der Waals surface area contributed by atoms with Crippen LogP contribution in [0.3, 0.4) is 0 Å². The van der Waals surface area contributed by atoms with Gasteiger partial charge in [0.1, 0.15) is 11.6 Å². The van der Waals surface area contributed by atoms with Gasteiger partial charge in [-0.3, -0.25) is 4.79 Å². The van der Waals surface area contributed by atoms with Gasteiger partial charge in [0, 0.05) is 28.0 Å². The van der Waals surface area contributed by atoms with Crippen molar-refractivity contribution < 1.29 is 14.3 Å². The zero-order chi connectivity index (χ0) is 20.4. The summed E-state index contributed by atoms with van der Waals surface area (Å²) >= 11 is 0. The molecule has 3 aromatic rings. The number of carbonyl (C=O) groups excluding carboxylic acids is 2. The first-order valence-electron chi connectivity index (χ1n) is 8.99. The summed E-state index contributed by atoms with van der Waals surface area (Å²) in [4.78, 5) is 31.5. The molecular formula is C22H21N3O3. The van der Waals surface area contributed by atoms with E-state index < -0.39 is 5.97 Å². The van der Waals surface area contributed by atoms with Crippen molar-refractivity contribution in [2.45, 2.75) is 27.7 Å². The number of benzene rings is 1. The number of allylic oxidation sites excluding steroid dienone is 1. The van der Waals surface area contributed by atoms with E-state index in [1.165, 1.54) is 6.08 Å². The molecule has 3 rings (SSSR count). The number of Topliss-reactive ketones (excluding diaryl/α,β-unsaturated/α-hetero) is 1. The van der Waals surface area contributed by atoms with E-state index in [0.717, 1.165) is 10.9 Å². The van der Waals surface area contributed by atoms with Gasteiger partial charge < -0.3 is 14.7 Å². The molecule has 0 radical (unpaired) electrons. The van der Waals surface area contributed by atoms with E-state index in [0.29, 0.717) is 33.8 Å². The van der Waals surface area contributed by atoms with Crippen LogP contribution in [0.25, 0.3) is 17.0 Å². The molecule has 142 valence electrons. The Balaban J connectivity index is 2.07. The van der Waals surface area contributed by atoms with Crippen LogP contribution in [0.5, 0.6) is 0 Å². The predicted molar refractivity (Wildman–Crippen MR) is 107 cm³/mol. The van der Waals surface area contributed by atoms with Gasteiger partial charge in [-0.25, -0.2) is 4.79 Å². The maximum Gasteiger partial charge on any atom is 0.340 e. The Hall–Kier alpha value is -3.59. The topological polar surface area (TPSA) is 98.7 Å². The van der Waals surface area contributed by atoms with Gasteiger partial charge in [0.05, 0.1) is 17.7 Å². The summed E-state index contributed by atoms with van der Waals surface area (Å²) in [6.45, 7) is 7.35. The molecule has 2 N–H and O–H groups in total. The van der Waals surface area contributed by atoms with Crippen LogP contribution in [0, 0.1) is 32.1 Å². The fraction of sp³-hybridized carbons (Fsp3) is 0.227. The number of aryl methyl sites for hydroxylation is 2. The minimum absolute atomic E-state index is 0.00684. The molecule has 0 aliphatic heterocycles. The molecule has 0 amide bonds. The molecule has 0 unspecified atom stereocenters. The number of hydrogen-bond donors (Lipinski definition) is 2. The van der Waals surface area contributed by atoms with Gasteiger partial charge in [0.2, 0.25) is 5.78 Å². The van der Waals surface area contributed by atoms with Crippen LogP contribution < -0.4 is 0 Å². The van der Waals surface area contributed by atoms with Crippen molar-refractivity contribution >= 4 is 28.7 Å². The number of ether oxygens (including phenoxy) is 1. The van der Waals surface area contributed by atoms with E-state index in [4.69, 9.17) is 4.74 Å². The van der Waals surface area contributed by atoms with E-state index in [1.54, 1.807) is 20.8 Å². The summed E-state index contributed by atoms with van der Waals surface area (Å²) < 4.78 is 5.09. The second kappa shape index (κ2) is 7.57. The fourth-order valence-corrected chi connectivity index (χ4v) is 3.42. The minimum atomic E-state index is -0.425. The molecule has 1 aromatic carbocycles. The number of para-hydroxylation sites is 1. The molecule has 0 saturated heterocycles. The number of rotatable bonds is 5. The number of nitrogens with zero attached hydrogens (tertiary/aromatic N) is 1. The number of nitrogens with one attached hydrogen (secondary N) is 2. The van der Waals surface area contributed by atoms with Crippen molar-refractivity contribution in [1.29, 1.82) is 5.26 Å². The van der Waals surface area contributed by atoms with Crippen molar-refractivity contribution in [1.82, 2.24) is 9.97 Å². The molecule has 6 heteroatoms. The molecule has 0 saturated carbocycles. The SMILES string of the molecule is CCOC(=O)c1c(C)[nH]c(/C=C(\C#N)C(=O)c2c(C)[nH]c3ccccc23)c1C. The maximum atomic E-state index is 13.1. The number of carbonyl (C=O) groups is 2. The summed E-state index contributed by atoms with van der Waals surface area (Å²) in [7, 11) is 0. The molecule has 2 heterocycles. The number of hydrogen-bond acceptors (Lipinski definition) is 4. The molecule has 0 spiro atoms. The van der Waals surface area contributed by atoms with E-state index in [2.05, 4.69) is 9.97 Å². The molecule has 2 aromatic heterocycles. The maximum absolute atomic E-state index is 13.1. The summed E-state index contributed by atoms with van der Waals surface area (Å²) in [5.74, 6) is -0.785. The third-order valence-corrected chi connectivity index (χ3v) is 4.73. The molecule has 0 bridgehead atoms. The smallest absolute Gasteiger partial charge is 0.340 e. The Morgan fingerprint density at radius 3 is 2.46 bits per heavy atom. The van der Waals surface area contributed by atoms with Gasteiger partial charge in [-0.15, -0.1) is 0 Å². The number of nitriles is 1. The van der Waals surface area contributed by atoms with Gasteiger partial charge in [-0.2, -0.15) is 5.26 Å². The van der Waals surface area contributed by atoms with E-state index in [9.17, 15) is 14.9 Å². The largest absolute Gasteiger partial charge is 0.462 e. The molecule has 6 nitrogen and oxygen atoms in total. The number of fused-ring (bicyclic) bond motifs is 1. The van der Waals surface area contributed by atoms with E-state index in [1.807, 2.05) is 37.3 Å². The highest BCUT2D eigenvalue weighted by Gasteiger charge is 2.22. The summed E-state index contributed by atoms with van der Waals surface area (Å²) in [5.41, 5.74) is 4.28. The van der Waals surface area contributed by atoms with Crippen molar-refractivity contribution in [2.75, 3.05) is 6.61 Å². The van der Waals surface area contributed by atoms with E-state index >= 15 is 0 Å². The van der Waals surface area contributed by atoms with Crippen molar-refractivity contribution in [3.63, 3.8) is 0 Å². The third kappa shape index (κ3) is 3.23. The molecule has 0 fully saturated rings. The lowest BCUT2D eigenvalue weighted by Crippen LogP contribution is -2.06. The normalized spacial score (nSPS) is 11.5. The highest BCUT2D eigenvalue weighted by atomic mass is 16.5. The Bertz CT molecular complexity index is 1160. The number of esters is 1. The average molecular weight is 375 g/mol. The zero-order valence-electron chi connectivity index (χ0n) is 16.3. The Labute approximate surface area is 162 Å². The molecule has 0 aliphatic rings. The minimum Gasteiger partial charge on any atom is -0.462 e. The molecule has 0 atom stereocenters. The van der Waals surface area contributed by atoms with Crippen LogP contribution in [0.2, 0.25) is 0 Å². The zero-order valence-corrected chi connectivity index (χ0v) is 16.3. The predicted octanol–water partition coefficient (Wildman–Crippen LogP) is 4.39. The first-order chi connectivity index (χ1) is 13.4. The van der Waals surface area contributed by atoms with Gasteiger partial charge in [-0.1, -0.05) is 18.2 Å². The van der Waals surface area contributed by atoms with Crippen LogP contribution in [0.1, 0.15) is 50.3 Å². The van der Waals surface area contributed by atoms with Gasteiger partial charge in [0.15, 0.2) is 0 Å². The quantitative estimate of drug-likeness (QED) is 0.299. The lowest BCUT2D eigenvalue weighted by Gasteiger charge is -2.02. The lowest BCUT2D eigenvalue weighted by atomic mass is 9.99. The van der Waals surface area contributed by atoms with Crippen molar-refractivity contribution in [2.24, 2.45) is 0 Å². The van der Waals surface area contributed by atoms with E-state index in [-0.39, 0.29) is 18.0 Å². The highest BCUT2D eigenvalue weighted by molar-refractivity contribution is 6.20. The van der Waals surface area contributed by atoms with Crippen LogP contribution in [0.15, 0.2) is 29.8 Å². The monoisotopic (exact) mass is 375 g/mol. The number of aromatic amines is 2. The second-order valence-electron chi connectivity index (χ2n) is 6.55. The fourth-order valence-electron chi connectivity index (χ4n) is 3.42. The van der Waals surface area contributed by atoms with Crippen molar-refractivity contribution in [3.05, 3.63) is 63.6 Å². The standard InChI is InChI=1S/C22H21N3O3/c1-5-28-22(27)19-12(2)18(25-13(19)3)10-15(11-23)21(26)20-14(4)24-17-9-7-6-8-16(17)20/h6-10,24-25H,5H2,1-4H3/b15-10+. The second-order valence-corrected chi connectivity index (χ2v) is 6.55. The third-order valence-electron chi connectivity index (χ3n) is 4.73. The van der Waals surface area contributed by atoms with Crippen LogP contribution in [-0.2, 0) is 4.74 Å². The summed E-state index contributed by atoms with van der Waals surface area (Å²) in [5, 5.41) is 10.4. The highest BCUT2D eigenvalue weighted by Crippen LogP contribution is 2.26. The summed E-state index contributed by atoms with van der Waals surface area (Å²) in [6, 6.07) is 9.48. The average Bonchev–Trinajstić information content (AvgIpc) is 3.14. The van der Waals surface area contributed by atoms with Gasteiger partial charge in [-0.05, 0) is 45.4 Å². The number of H-pyrrole nitrogens is 2.